The molecule has 0 fully saturated rings. The third-order valence-corrected chi connectivity index (χ3v) is 10.0. The second kappa shape index (κ2) is 10.5. The molecule has 0 unspecified atom stereocenters. The number of rotatable bonds is 4. The van der Waals surface area contributed by atoms with Crippen molar-refractivity contribution in [3.05, 3.63) is 150 Å². The van der Waals surface area contributed by atoms with Gasteiger partial charge in [-0.1, -0.05) is 81.4 Å². The number of benzene rings is 7. The SMILES string of the molecule is Cc1cc(N(c2ccccc2)c2ccc3cc4c(cc3c2)-c2cc3cc(-c5ccc(C(C)(C)C)cc5)ccc3cc2-4)cc(C)c1C. The second-order valence-electron chi connectivity index (χ2n) is 14.1. The lowest BCUT2D eigenvalue weighted by Gasteiger charge is -2.28. The van der Waals surface area contributed by atoms with Gasteiger partial charge in [0.1, 0.15) is 0 Å². The highest BCUT2D eigenvalue weighted by Crippen LogP contribution is 2.51. The number of aryl methyl sites for hydroxylation is 2. The van der Waals surface area contributed by atoms with Crippen LogP contribution in [0.15, 0.2) is 127 Å². The zero-order valence-corrected chi connectivity index (χ0v) is 27.6. The molecule has 0 aromatic heterocycles. The molecule has 224 valence electrons. The van der Waals surface area contributed by atoms with Crippen LogP contribution in [-0.2, 0) is 5.41 Å². The molecule has 0 amide bonds. The minimum Gasteiger partial charge on any atom is -0.310 e. The van der Waals surface area contributed by atoms with E-state index in [-0.39, 0.29) is 5.41 Å². The molecule has 1 nitrogen and oxygen atoms in total. The molecule has 0 radical (unpaired) electrons. The first-order chi connectivity index (χ1) is 22.1. The number of hydrogen-bond acceptors (Lipinski definition) is 1. The van der Waals surface area contributed by atoms with Crippen molar-refractivity contribution in [2.75, 3.05) is 4.90 Å². The predicted molar refractivity (Wildman–Crippen MR) is 199 cm³/mol. The number of anilines is 3. The van der Waals surface area contributed by atoms with Gasteiger partial charge in [-0.05, 0) is 170 Å². The van der Waals surface area contributed by atoms with Crippen molar-refractivity contribution >= 4 is 38.6 Å². The quantitative estimate of drug-likeness (QED) is 0.196. The van der Waals surface area contributed by atoms with E-state index in [1.165, 1.54) is 88.6 Å². The van der Waals surface area contributed by atoms with Gasteiger partial charge >= 0.3 is 0 Å². The van der Waals surface area contributed by atoms with Gasteiger partial charge in [-0.2, -0.15) is 0 Å². The molecule has 0 heterocycles. The fraction of sp³-hybridized carbons (Fsp3) is 0.156. The molecular formula is C45H39N. The molecule has 7 aromatic carbocycles. The van der Waals surface area contributed by atoms with Crippen LogP contribution in [-0.4, -0.2) is 0 Å². The van der Waals surface area contributed by atoms with E-state index in [1.54, 1.807) is 0 Å². The highest BCUT2D eigenvalue weighted by Gasteiger charge is 2.24. The van der Waals surface area contributed by atoms with Gasteiger partial charge in [0, 0.05) is 17.1 Å². The number of hydrogen-bond donors (Lipinski definition) is 0. The van der Waals surface area contributed by atoms with Crippen LogP contribution >= 0.6 is 0 Å². The Morgan fingerprint density at radius 3 is 1.52 bits per heavy atom. The van der Waals surface area contributed by atoms with Gasteiger partial charge in [0.2, 0.25) is 0 Å². The van der Waals surface area contributed by atoms with Gasteiger partial charge in [-0.25, -0.2) is 0 Å². The van der Waals surface area contributed by atoms with Crippen molar-refractivity contribution < 1.29 is 0 Å². The largest absolute Gasteiger partial charge is 0.310 e. The van der Waals surface area contributed by atoms with E-state index in [2.05, 4.69) is 174 Å². The summed E-state index contributed by atoms with van der Waals surface area (Å²) in [7, 11) is 0. The standard InChI is InChI=1S/C45H39N/c1-28-20-40(21-29(2)30(28)3)46(38-10-8-7-9-11-38)39-19-16-34-25-42-41-24-33-13-12-32(31-14-17-37(18-15-31)45(4,5)6)22-35(33)26-43(41)44(42)27-36(34)23-39/h7-27H,1-6H3. The third kappa shape index (κ3) is 4.70. The van der Waals surface area contributed by atoms with E-state index in [0.29, 0.717) is 0 Å². The molecule has 0 saturated carbocycles. The molecule has 46 heavy (non-hydrogen) atoms. The molecule has 0 bridgehead atoms. The number of fused-ring (bicyclic) bond motifs is 6. The summed E-state index contributed by atoms with van der Waals surface area (Å²) in [6.45, 7) is 13.4. The zero-order valence-electron chi connectivity index (χ0n) is 27.6. The molecule has 7 aromatic rings. The topological polar surface area (TPSA) is 3.24 Å². The fourth-order valence-corrected chi connectivity index (χ4v) is 7.06. The Labute approximate surface area is 272 Å². The summed E-state index contributed by atoms with van der Waals surface area (Å²) in [5, 5.41) is 5.11. The Bertz CT molecular complexity index is 2280. The lowest BCUT2D eigenvalue weighted by Crippen LogP contribution is -2.11. The normalized spacial score (nSPS) is 12.1. The summed E-state index contributed by atoms with van der Waals surface area (Å²) in [6, 6.07) is 47.7. The molecule has 8 rings (SSSR count). The molecule has 0 aliphatic heterocycles. The smallest absolute Gasteiger partial charge is 0.0468 e. The Morgan fingerprint density at radius 1 is 0.413 bits per heavy atom. The molecule has 1 aliphatic rings. The van der Waals surface area contributed by atoms with Crippen molar-refractivity contribution in [1.29, 1.82) is 0 Å². The molecule has 0 atom stereocenters. The average molecular weight is 594 g/mol. The summed E-state index contributed by atoms with van der Waals surface area (Å²) in [5.41, 5.74) is 16.9. The van der Waals surface area contributed by atoms with Crippen LogP contribution in [0.4, 0.5) is 17.1 Å². The van der Waals surface area contributed by atoms with Crippen molar-refractivity contribution in [2.24, 2.45) is 0 Å². The lowest BCUT2D eigenvalue weighted by molar-refractivity contribution is 0.590. The zero-order chi connectivity index (χ0) is 31.7. The Hall–Kier alpha value is -5.14. The molecular weight excluding hydrogens is 555 g/mol. The summed E-state index contributed by atoms with van der Waals surface area (Å²) < 4.78 is 0. The van der Waals surface area contributed by atoms with E-state index in [0.717, 1.165) is 5.69 Å². The maximum Gasteiger partial charge on any atom is 0.0468 e. The maximum atomic E-state index is 2.40. The minimum absolute atomic E-state index is 0.154. The van der Waals surface area contributed by atoms with Gasteiger partial charge in [-0.15, -0.1) is 0 Å². The van der Waals surface area contributed by atoms with E-state index >= 15 is 0 Å². The third-order valence-electron chi connectivity index (χ3n) is 10.0. The maximum absolute atomic E-state index is 2.40. The van der Waals surface area contributed by atoms with Gasteiger partial charge in [-0.3, -0.25) is 0 Å². The van der Waals surface area contributed by atoms with Gasteiger partial charge in [0.25, 0.3) is 0 Å². The van der Waals surface area contributed by atoms with Crippen LogP contribution in [0.2, 0.25) is 0 Å². The van der Waals surface area contributed by atoms with Crippen molar-refractivity contribution in [3.8, 4) is 33.4 Å². The number of nitrogens with zero attached hydrogens (tertiary/aromatic N) is 1. The van der Waals surface area contributed by atoms with Crippen LogP contribution in [0.3, 0.4) is 0 Å². The summed E-state index contributed by atoms with van der Waals surface area (Å²) in [6.07, 6.45) is 0. The summed E-state index contributed by atoms with van der Waals surface area (Å²) in [5.74, 6) is 0. The number of para-hydroxylation sites is 1. The first-order valence-corrected chi connectivity index (χ1v) is 16.3. The first-order valence-electron chi connectivity index (χ1n) is 16.3. The van der Waals surface area contributed by atoms with E-state index in [1.807, 2.05) is 0 Å². The molecule has 1 heteroatoms. The molecule has 0 saturated heterocycles. The second-order valence-corrected chi connectivity index (χ2v) is 14.1. The molecule has 1 aliphatic carbocycles. The van der Waals surface area contributed by atoms with Gasteiger partial charge in [0.15, 0.2) is 0 Å². The first kappa shape index (κ1) is 28.3. The Balaban J connectivity index is 1.19. The van der Waals surface area contributed by atoms with E-state index in [9.17, 15) is 0 Å². The van der Waals surface area contributed by atoms with E-state index in [4.69, 9.17) is 0 Å². The van der Waals surface area contributed by atoms with Gasteiger partial charge in [0.05, 0.1) is 0 Å². The van der Waals surface area contributed by atoms with Crippen LogP contribution in [0, 0.1) is 20.8 Å². The van der Waals surface area contributed by atoms with Crippen LogP contribution in [0.5, 0.6) is 0 Å². The summed E-state index contributed by atoms with van der Waals surface area (Å²) in [4.78, 5) is 2.38. The lowest BCUT2D eigenvalue weighted by atomic mass is 9.77. The minimum atomic E-state index is 0.154. The average Bonchev–Trinajstić information content (AvgIpc) is 3.05. The molecule has 0 N–H and O–H groups in total. The van der Waals surface area contributed by atoms with Crippen molar-refractivity contribution in [3.63, 3.8) is 0 Å². The van der Waals surface area contributed by atoms with Crippen LogP contribution in [0.1, 0.15) is 43.0 Å². The predicted octanol–water partition coefficient (Wildman–Crippen LogP) is 13.0. The van der Waals surface area contributed by atoms with Crippen molar-refractivity contribution in [2.45, 2.75) is 47.0 Å². The highest BCUT2D eigenvalue weighted by atomic mass is 15.1. The van der Waals surface area contributed by atoms with E-state index < -0.39 is 0 Å². The van der Waals surface area contributed by atoms with Crippen LogP contribution < -0.4 is 4.90 Å². The fourth-order valence-electron chi connectivity index (χ4n) is 7.06. The Kier molecular flexibility index (Phi) is 6.44. The summed E-state index contributed by atoms with van der Waals surface area (Å²) >= 11 is 0. The van der Waals surface area contributed by atoms with Crippen molar-refractivity contribution in [1.82, 2.24) is 0 Å². The Morgan fingerprint density at radius 2 is 0.935 bits per heavy atom. The van der Waals surface area contributed by atoms with Crippen LogP contribution in [0.25, 0.3) is 54.9 Å². The van der Waals surface area contributed by atoms with Gasteiger partial charge < -0.3 is 4.90 Å². The highest BCUT2D eigenvalue weighted by molar-refractivity contribution is 6.12. The monoisotopic (exact) mass is 593 g/mol. The molecule has 0 spiro atoms.